The Morgan fingerprint density at radius 1 is 1.29 bits per heavy atom. The number of Topliss-reactive ketones (excluding diaryl/α,β-unsaturated/α-hetero) is 1. The highest BCUT2D eigenvalue weighted by Gasteiger charge is 2.15. The third-order valence-corrected chi connectivity index (χ3v) is 2.75. The average Bonchev–Trinajstić information content (AvgIpc) is 2.37. The fourth-order valence-electron chi connectivity index (χ4n) is 1.82. The molecule has 1 N–H and O–H groups in total. The second-order valence-electron chi connectivity index (χ2n) is 4.03. The topological polar surface area (TPSA) is 42.0 Å². The predicted molar refractivity (Wildman–Crippen MR) is 69.2 cm³/mol. The van der Waals surface area contributed by atoms with Gasteiger partial charge in [0.05, 0.1) is 11.6 Å². The molecule has 1 unspecified atom stereocenters. The van der Waals surface area contributed by atoms with Crippen molar-refractivity contribution in [1.82, 2.24) is 10.3 Å². The van der Waals surface area contributed by atoms with Crippen LogP contribution in [0, 0.1) is 0 Å². The van der Waals surface area contributed by atoms with Crippen LogP contribution in [0.3, 0.4) is 0 Å². The number of carbonyl (C=O) groups excluding carboxylic acids is 1. The highest BCUT2D eigenvalue weighted by atomic mass is 16.1. The van der Waals surface area contributed by atoms with E-state index >= 15 is 0 Å². The van der Waals surface area contributed by atoms with Crippen LogP contribution < -0.4 is 5.32 Å². The van der Waals surface area contributed by atoms with Crippen molar-refractivity contribution < 1.29 is 4.79 Å². The van der Waals surface area contributed by atoms with Gasteiger partial charge >= 0.3 is 0 Å². The molecular weight excluding hydrogens is 212 g/mol. The molecule has 17 heavy (non-hydrogen) atoms. The van der Waals surface area contributed by atoms with Gasteiger partial charge in [0.15, 0.2) is 5.78 Å². The molecule has 0 spiro atoms. The summed E-state index contributed by atoms with van der Waals surface area (Å²) in [4.78, 5) is 16.4. The lowest BCUT2D eigenvalue weighted by atomic mass is 10.1. The molecule has 0 saturated heterocycles. The molecule has 1 atom stereocenters. The number of ketones is 1. The summed E-state index contributed by atoms with van der Waals surface area (Å²) >= 11 is 0. The SMILES string of the molecule is CCNC(C)C(=O)c1ccc2ccccc2n1. The lowest BCUT2D eigenvalue weighted by molar-refractivity contribution is 0.0947. The fraction of sp³-hybridized carbons (Fsp3) is 0.286. The van der Waals surface area contributed by atoms with Gasteiger partial charge in [0.25, 0.3) is 0 Å². The number of hydrogen-bond acceptors (Lipinski definition) is 3. The molecule has 1 aromatic heterocycles. The van der Waals surface area contributed by atoms with Crippen LogP contribution in [0.1, 0.15) is 24.3 Å². The van der Waals surface area contributed by atoms with Crippen molar-refractivity contribution in [2.24, 2.45) is 0 Å². The Balaban J connectivity index is 2.33. The molecule has 0 aliphatic heterocycles. The van der Waals surface area contributed by atoms with E-state index in [-0.39, 0.29) is 11.8 Å². The molecular formula is C14H16N2O. The smallest absolute Gasteiger partial charge is 0.197 e. The summed E-state index contributed by atoms with van der Waals surface area (Å²) in [7, 11) is 0. The van der Waals surface area contributed by atoms with Crippen LogP contribution in [0.15, 0.2) is 36.4 Å². The number of nitrogens with zero attached hydrogens (tertiary/aromatic N) is 1. The van der Waals surface area contributed by atoms with Crippen LogP contribution in [0.5, 0.6) is 0 Å². The molecule has 3 nitrogen and oxygen atoms in total. The van der Waals surface area contributed by atoms with E-state index in [1.165, 1.54) is 0 Å². The molecule has 0 aliphatic carbocycles. The number of nitrogens with one attached hydrogen (secondary N) is 1. The Labute approximate surface area is 101 Å². The summed E-state index contributed by atoms with van der Waals surface area (Å²) in [6.45, 7) is 4.63. The zero-order valence-electron chi connectivity index (χ0n) is 10.1. The van der Waals surface area contributed by atoms with Gasteiger partial charge in [0.2, 0.25) is 0 Å². The van der Waals surface area contributed by atoms with Crippen LogP contribution >= 0.6 is 0 Å². The van der Waals surface area contributed by atoms with Gasteiger partial charge in [-0.05, 0) is 25.6 Å². The lowest BCUT2D eigenvalue weighted by Crippen LogP contribution is -2.34. The average molecular weight is 228 g/mol. The number of aromatic nitrogens is 1. The molecule has 0 fully saturated rings. The Morgan fingerprint density at radius 3 is 2.82 bits per heavy atom. The van der Waals surface area contributed by atoms with Gasteiger partial charge in [0.1, 0.15) is 5.69 Å². The third-order valence-electron chi connectivity index (χ3n) is 2.75. The number of likely N-dealkylation sites (N-methyl/N-ethyl adjacent to an activating group) is 1. The monoisotopic (exact) mass is 228 g/mol. The van der Waals surface area contributed by atoms with Crippen LogP contribution in [0.4, 0.5) is 0 Å². The normalized spacial score (nSPS) is 12.6. The van der Waals surface area contributed by atoms with E-state index in [4.69, 9.17) is 0 Å². The zero-order chi connectivity index (χ0) is 12.3. The first-order valence-corrected chi connectivity index (χ1v) is 5.85. The number of hydrogen-bond donors (Lipinski definition) is 1. The van der Waals surface area contributed by atoms with Crippen molar-refractivity contribution in [3.05, 3.63) is 42.1 Å². The lowest BCUT2D eigenvalue weighted by Gasteiger charge is -2.10. The molecule has 2 rings (SSSR count). The predicted octanol–water partition coefficient (Wildman–Crippen LogP) is 2.42. The number of pyridine rings is 1. The van der Waals surface area contributed by atoms with Crippen molar-refractivity contribution in [1.29, 1.82) is 0 Å². The van der Waals surface area contributed by atoms with E-state index in [0.29, 0.717) is 5.69 Å². The summed E-state index contributed by atoms with van der Waals surface area (Å²) in [5.41, 5.74) is 1.39. The molecule has 3 heteroatoms. The van der Waals surface area contributed by atoms with Gasteiger partial charge in [-0.2, -0.15) is 0 Å². The molecule has 0 bridgehead atoms. The van der Waals surface area contributed by atoms with E-state index in [9.17, 15) is 4.79 Å². The van der Waals surface area contributed by atoms with Crippen molar-refractivity contribution in [2.45, 2.75) is 19.9 Å². The molecule has 0 radical (unpaired) electrons. The third kappa shape index (κ3) is 2.50. The van der Waals surface area contributed by atoms with E-state index < -0.39 is 0 Å². The Hall–Kier alpha value is -1.74. The van der Waals surface area contributed by atoms with Crippen LogP contribution in [0.2, 0.25) is 0 Å². The number of benzene rings is 1. The molecule has 1 aromatic carbocycles. The standard InChI is InChI=1S/C14H16N2O/c1-3-15-10(2)14(17)13-9-8-11-6-4-5-7-12(11)16-13/h4-10,15H,3H2,1-2H3. The maximum absolute atomic E-state index is 12.1. The molecule has 88 valence electrons. The minimum absolute atomic E-state index is 0.0394. The molecule has 2 aromatic rings. The minimum atomic E-state index is -0.186. The molecule has 0 saturated carbocycles. The van der Waals surface area contributed by atoms with Crippen LogP contribution in [-0.2, 0) is 0 Å². The van der Waals surface area contributed by atoms with E-state index in [0.717, 1.165) is 17.4 Å². The van der Waals surface area contributed by atoms with Gasteiger partial charge in [-0.1, -0.05) is 31.2 Å². The number of carbonyl (C=O) groups is 1. The summed E-state index contributed by atoms with van der Waals surface area (Å²) in [5.74, 6) is 0.0394. The van der Waals surface area contributed by atoms with Crippen LogP contribution in [-0.4, -0.2) is 23.4 Å². The summed E-state index contributed by atoms with van der Waals surface area (Å²) < 4.78 is 0. The van der Waals surface area contributed by atoms with Gasteiger partial charge in [-0.15, -0.1) is 0 Å². The minimum Gasteiger partial charge on any atom is -0.308 e. The Kier molecular flexibility index (Phi) is 3.49. The summed E-state index contributed by atoms with van der Waals surface area (Å²) in [6, 6.07) is 11.3. The second kappa shape index (κ2) is 5.06. The maximum Gasteiger partial charge on any atom is 0.197 e. The van der Waals surface area contributed by atoms with E-state index in [1.54, 1.807) is 6.07 Å². The Bertz CT molecular complexity index is 536. The van der Waals surface area contributed by atoms with Crippen LogP contribution in [0.25, 0.3) is 10.9 Å². The van der Waals surface area contributed by atoms with Crippen molar-refractivity contribution in [3.8, 4) is 0 Å². The first-order valence-electron chi connectivity index (χ1n) is 5.85. The Morgan fingerprint density at radius 2 is 2.06 bits per heavy atom. The maximum atomic E-state index is 12.1. The highest BCUT2D eigenvalue weighted by molar-refractivity contribution is 5.99. The zero-order valence-corrected chi connectivity index (χ0v) is 10.1. The van der Waals surface area contributed by atoms with Gasteiger partial charge in [-0.3, -0.25) is 4.79 Å². The van der Waals surface area contributed by atoms with Gasteiger partial charge in [-0.25, -0.2) is 4.98 Å². The van der Waals surface area contributed by atoms with Gasteiger partial charge in [0, 0.05) is 5.39 Å². The fourth-order valence-corrected chi connectivity index (χ4v) is 1.82. The largest absolute Gasteiger partial charge is 0.308 e. The van der Waals surface area contributed by atoms with E-state index in [2.05, 4.69) is 10.3 Å². The molecule has 0 aliphatic rings. The summed E-state index contributed by atoms with van der Waals surface area (Å²) in [5, 5.41) is 4.16. The number of fused-ring (bicyclic) bond motifs is 1. The first kappa shape index (κ1) is 11.7. The second-order valence-corrected chi connectivity index (χ2v) is 4.03. The first-order chi connectivity index (χ1) is 8.22. The number of rotatable bonds is 4. The van der Waals surface area contributed by atoms with Crippen molar-refractivity contribution >= 4 is 16.7 Å². The quantitative estimate of drug-likeness (QED) is 0.817. The van der Waals surface area contributed by atoms with E-state index in [1.807, 2.05) is 44.2 Å². The van der Waals surface area contributed by atoms with Gasteiger partial charge < -0.3 is 5.32 Å². The van der Waals surface area contributed by atoms with Crippen molar-refractivity contribution in [3.63, 3.8) is 0 Å². The van der Waals surface area contributed by atoms with Crippen molar-refractivity contribution in [2.75, 3.05) is 6.54 Å². The molecule has 1 heterocycles. The molecule has 0 amide bonds. The highest BCUT2D eigenvalue weighted by Crippen LogP contribution is 2.12. The summed E-state index contributed by atoms with van der Waals surface area (Å²) in [6.07, 6.45) is 0. The number of para-hydroxylation sites is 1.